The first-order valence-electron chi connectivity index (χ1n) is 8.20. The van der Waals surface area contributed by atoms with Crippen molar-refractivity contribution in [1.82, 2.24) is 15.3 Å². The van der Waals surface area contributed by atoms with Crippen LogP contribution in [0.3, 0.4) is 0 Å². The summed E-state index contributed by atoms with van der Waals surface area (Å²) in [5.74, 6) is 1.47. The largest absolute Gasteiger partial charge is 0.488 e. The second-order valence-corrected chi connectivity index (χ2v) is 7.50. The van der Waals surface area contributed by atoms with Gasteiger partial charge in [-0.05, 0) is 38.5 Å². The van der Waals surface area contributed by atoms with Crippen LogP contribution in [0.1, 0.15) is 65.7 Å². The van der Waals surface area contributed by atoms with Crippen molar-refractivity contribution in [3.8, 4) is 5.75 Å². The average molecular weight is 307 g/mol. The molecule has 1 aliphatic rings. The Bertz CT molecular complexity index is 468. The van der Waals surface area contributed by atoms with Crippen molar-refractivity contribution in [2.24, 2.45) is 5.41 Å². The van der Waals surface area contributed by atoms with Gasteiger partial charge in [-0.1, -0.05) is 20.8 Å². The Morgan fingerprint density at radius 2 is 1.86 bits per heavy atom. The summed E-state index contributed by atoms with van der Waals surface area (Å²) in [5, 5.41) is 13.9. The van der Waals surface area contributed by atoms with Crippen molar-refractivity contribution in [2.45, 2.75) is 78.2 Å². The maximum Gasteiger partial charge on any atom is 0.156 e. The Labute approximate surface area is 133 Å². The lowest BCUT2D eigenvalue weighted by Gasteiger charge is -2.35. The van der Waals surface area contributed by atoms with Crippen LogP contribution in [0, 0.1) is 5.41 Å². The number of hydrogen-bond donors (Lipinski definition) is 2. The van der Waals surface area contributed by atoms with Crippen molar-refractivity contribution in [3.63, 3.8) is 0 Å². The predicted molar refractivity (Wildman–Crippen MR) is 86.8 cm³/mol. The minimum Gasteiger partial charge on any atom is -0.488 e. The number of nitrogens with zero attached hydrogens (tertiary/aromatic N) is 2. The van der Waals surface area contributed by atoms with Crippen LogP contribution in [0.25, 0.3) is 0 Å². The second-order valence-electron chi connectivity index (χ2n) is 7.50. The van der Waals surface area contributed by atoms with Crippen molar-refractivity contribution >= 4 is 0 Å². The number of ether oxygens (including phenoxy) is 1. The molecule has 124 valence electrons. The molecule has 0 saturated carbocycles. The third-order valence-corrected chi connectivity index (χ3v) is 4.02. The maximum atomic E-state index is 10.4. The molecule has 0 amide bonds. The molecule has 1 aromatic rings. The monoisotopic (exact) mass is 307 g/mol. The molecule has 0 aromatic carbocycles. The summed E-state index contributed by atoms with van der Waals surface area (Å²) >= 11 is 0. The zero-order chi connectivity index (χ0) is 16.3. The van der Waals surface area contributed by atoms with Gasteiger partial charge in [-0.15, -0.1) is 0 Å². The molecule has 5 heteroatoms. The smallest absolute Gasteiger partial charge is 0.156 e. The second kappa shape index (κ2) is 6.92. The van der Waals surface area contributed by atoms with Crippen LogP contribution >= 0.6 is 0 Å². The third kappa shape index (κ3) is 4.40. The Hall–Kier alpha value is -1.20. The molecule has 0 radical (unpaired) electrons. The summed E-state index contributed by atoms with van der Waals surface area (Å²) in [5.41, 5.74) is -0.0112. The molecule has 1 saturated heterocycles. The van der Waals surface area contributed by atoms with Crippen molar-refractivity contribution < 1.29 is 9.84 Å². The molecular weight excluding hydrogens is 278 g/mol. The topological polar surface area (TPSA) is 67.3 Å². The third-order valence-electron chi connectivity index (χ3n) is 4.02. The van der Waals surface area contributed by atoms with Gasteiger partial charge in [0.05, 0.1) is 30.6 Å². The van der Waals surface area contributed by atoms with E-state index in [1.54, 1.807) is 12.4 Å². The molecule has 3 atom stereocenters. The molecule has 2 rings (SSSR count). The van der Waals surface area contributed by atoms with Gasteiger partial charge in [0.1, 0.15) is 5.82 Å². The van der Waals surface area contributed by atoms with Gasteiger partial charge in [-0.3, -0.25) is 0 Å². The standard InChI is InChI=1S/C17H29N3O2/c1-11(2)22-12-9-18-16(19-10-12)13-7-6-8-14(21)15(20-13)17(3,4)5/h9-11,13-15,20-21H,6-8H2,1-5H3/t13?,14?,15-/m0/s1. The molecule has 5 nitrogen and oxygen atoms in total. The highest BCUT2D eigenvalue weighted by Gasteiger charge is 2.35. The average Bonchev–Trinajstić information content (AvgIpc) is 2.60. The lowest BCUT2D eigenvalue weighted by molar-refractivity contribution is 0.0673. The fourth-order valence-electron chi connectivity index (χ4n) is 2.98. The first kappa shape index (κ1) is 17.2. The Morgan fingerprint density at radius 3 is 2.41 bits per heavy atom. The Morgan fingerprint density at radius 1 is 1.23 bits per heavy atom. The number of aromatic nitrogens is 2. The van der Waals surface area contributed by atoms with Crippen molar-refractivity contribution in [1.29, 1.82) is 0 Å². The van der Waals surface area contributed by atoms with Crippen LogP contribution in [0.4, 0.5) is 0 Å². The number of rotatable bonds is 3. The molecule has 0 bridgehead atoms. The Kier molecular flexibility index (Phi) is 5.40. The molecule has 2 unspecified atom stereocenters. The van der Waals surface area contributed by atoms with E-state index in [0.29, 0.717) is 5.75 Å². The first-order valence-corrected chi connectivity index (χ1v) is 8.20. The fourth-order valence-corrected chi connectivity index (χ4v) is 2.98. The molecular formula is C17H29N3O2. The first-order chi connectivity index (χ1) is 10.3. The number of hydrogen-bond acceptors (Lipinski definition) is 5. The van der Waals surface area contributed by atoms with Gasteiger partial charge in [0.2, 0.25) is 0 Å². The van der Waals surface area contributed by atoms with Crippen LogP contribution in [-0.2, 0) is 0 Å². The molecule has 1 aliphatic heterocycles. The normalized spacial score (nSPS) is 26.8. The molecule has 1 aromatic heterocycles. The van der Waals surface area contributed by atoms with Crippen LogP contribution in [-0.4, -0.2) is 33.3 Å². The Balaban J connectivity index is 2.13. The maximum absolute atomic E-state index is 10.4. The highest BCUT2D eigenvalue weighted by molar-refractivity contribution is 5.14. The van der Waals surface area contributed by atoms with Crippen molar-refractivity contribution in [3.05, 3.63) is 18.2 Å². The molecule has 1 fully saturated rings. The molecule has 2 N–H and O–H groups in total. The van der Waals surface area contributed by atoms with E-state index >= 15 is 0 Å². The summed E-state index contributed by atoms with van der Waals surface area (Å²) < 4.78 is 5.59. The number of aliphatic hydroxyl groups excluding tert-OH is 1. The lowest BCUT2D eigenvalue weighted by Crippen LogP contribution is -2.48. The van der Waals surface area contributed by atoms with Crippen molar-refractivity contribution in [2.75, 3.05) is 0 Å². The predicted octanol–water partition coefficient (Wildman–Crippen LogP) is 2.85. The van der Waals surface area contributed by atoms with E-state index in [-0.39, 0.29) is 29.7 Å². The van der Waals surface area contributed by atoms with Crippen LogP contribution in [0.2, 0.25) is 0 Å². The van der Waals surface area contributed by atoms with Gasteiger partial charge < -0.3 is 15.2 Å². The summed E-state index contributed by atoms with van der Waals surface area (Å²) in [6.07, 6.45) is 5.99. The SMILES string of the molecule is CC(C)Oc1cnc(C2CCCC(O)[C@@H](C(C)(C)C)N2)nc1. The molecule has 22 heavy (non-hydrogen) atoms. The molecule has 0 spiro atoms. The zero-order valence-electron chi connectivity index (χ0n) is 14.3. The summed E-state index contributed by atoms with van der Waals surface area (Å²) in [6.45, 7) is 10.4. The highest BCUT2D eigenvalue weighted by atomic mass is 16.5. The van der Waals surface area contributed by atoms with E-state index in [9.17, 15) is 5.11 Å². The van der Waals surface area contributed by atoms with Crippen LogP contribution in [0.15, 0.2) is 12.4 Å². The molecule has 0 aliphatic carbocycles. The van der Waals surface area contributed by atoms with E-state index in [0.717, 1.165) is 25.1 Å². The van der Waals surface area contributed by atoms with E-state index < -0.39 is 0 Å². The summed E-state index contributed by atoms with van der Waals surface area (Å²) in [6, 6.07) is 0.115. The number of aliphatic hydroxyl groups is 1. The van der Waals surface area contributed by atoms with Crippen LogP contribution < -0.4 is 10.1 Å². The van der Waals surface area contributed by atoms with E-state index in [1.807, 2.05) is 13.8 Å². The van der Waals surface area contributed by atoms with Gasteiger partial charge in [0, 0.05) is 6.04 Å². The van der Waals surface area contributed by atoms with Gasteiger partial charge in [0.25, 0.3) is 0 Å². The minimum atomic E-state index is -0.325. The highest BCUT2D eigenvalue weighted by Crippen LogP contribution is 2.31. The zero-order valence-corrected chi connectivity index (χ0v) is 14.3. The fraction of sp³-hybridized carbons (Fsp3) is 0.765. The van der Waals surface area contributed by atoms with Gasteiger partial charge in [0.15, 0.2) is 5.75 Å². The quantitative estimate of drug-likeness (QED) is 0.899. The van der Waals surface area contributed by atoms with Gasteiger partial charge >= 0.3 is 0 Å². The number of nitrogens with one attached hydrogen (secondary N) is 1. The minimum absolute atomic E-state index is 0.0112. The summed E-state index contributed by atoms with van der Waals surface area (Å²) in [4.78, 5) is 8.92. The van der Waals surface area contributed by atoms with Gasteiger partial charge in [-0.2, -0.15) is 0 Å². The van der Waals surface area contributed by atoms with Gasteiger partial charge in [-0.25, -0.2) is 9.97 Å². The molecule has 2 heterocycles. The van der Waals surface area contributed by atoms with E-state index in [1.165, 1.54) is 0 Å². The van der Waals surface area contributed by atoms with E-state index in [2.05, 4.69) is 36.1 Å². The van der Waals surface area contributed by atoms with E-state index in [4.69, 9.17) is 4.74 Å². The lowest BCUT2D eigenvalue weighted by atomic mass is 9.82. The van der Waals surface area contributed by atoms with Crippen LogP contribution in [0.5, 0.6) is 5.75 Å². The summed E-state index contributed by atoms with van der Waals surface area (Å²) in [7, 11) is 0.